The van der Waals surface area contributed by atoms with E-state index in [1.165, 1.54) is 6.07 Å². The molecule has 0 atom stereocenters. The Morgan fingerprint density at radius 3 is 2.45 bits per heavy atom. The summed E-state index contributed by atoms with van der Waals surface area (Å²) < 4.78 is 22.8. The second-order valence-electron chi connectivity index (χ2n) is 4.92. The summed E-state index contributed by atoms with van der Waals surface area (Å²) in [6.07, 6.45) is 0.922. The average Bonchev–Trinajstić information content (AvgIpc) is 2.40. The number of carbonyl (C=O) groups is 1. The molecule has 20 heavy (non-hydrogen) atoms. The Balaban J connectivity index is 2.15. The molecule has 0 saturated carbocycles. The monoisotopic (exact) mass is 335 g/mol. The van der Waals surface area contributed by atoms with Crippen LogP contribution in [0.25, 0.3) is 0 Å². The van der Waals surface area contributed by atoms with Crippen LogP contribution in [0.1, 0.15) is 23.2 Å². The number of hydrogen-bond donors (Lipinski definition) is 0. The maximum absolute atomic E-state index is 12.4. The molecule has 0 N–H and O–H groups in total. The molecule has 0 unspecified atom stereocenters. The number of sulfone groups is 1. The molecule has 1 aromatic carbocycles. The zero-order valence-corrected chi connectivity index (χ0v) is 13.3. The van der Waals surface area contributed by atoms with E-state index < -0.39 is 9.84 Å². The van der Waals surface area contributed by atoms with Gasteiger partial charge in [-0.2, -0.15) is 0 Å². The van der Waals surface area contributed by atoms with Crippen LogP contribution in [0.4, 0.5) is 0 Å². The van der Waals surface area contributed by atoms with Crippen molar-refractivity contribution < 1.29 is 13.2 Å². The highest BCUT2D eigenvalue weighted by Crippen LogP contribution is 2.24. The lowest BCUT2D eigenvalue weighted by atomic mass is 10.1. The second kappa shape index (κ2) is 5.92. The fourth-order valence-electron chi connectivity index (χ4n) is 2.28. The Labute approximate surface area is 128 Å². The van der Waals surface area contributed by atoms with Crippen LogP contribution in [0, 0.1) is 0 Å². The molecule has 0 aliphatic carbocycles. The van der Waals surface area contributed by atoms with E-state index >= 15 is 0 Å². The molecule has 110 valence electrons. The zero-order valence-electron chi connectivity index (χ0n) is 11.0. The molecule has 7 heteroatoms. The first-order chi connectivity index (χ1) is 9.30. The van der Waals surface area contributed by atoms with Crippen LogP contribution in [0.15, 0.2) is 18.2 Å². The molecule has 4 nitrogen and oxygen atoms in total. The number of amides is 1. The minimum atomic E-state index is -2.94. The smallest absolute Gasteiger partial charge is 0.255 e. The Hall–Kier alpha value is -0.780. The number of rotatable bonds is 2. The van der Waals surface area contributed by atoms with Crippen LogP contribution in [-0.4, -0.2) is 43.8 Å². The third-order valence-electron chi connectivity index (χ3n) is 3.55. The summed E-state index contributed by atoms with van der Waals surface area (Å²) in [6, 6.07) is 4.65. The Morgan fingerprint density at radius 2 is 1.85 bits per heavy atom. The van der Waals surface area contributed by atoms with Crippen LogP contribution in [-0.2, 0) is 9.84 Å². The number of nitrogens with zero attached hydrogens (tertiary/aromatic N) is 1. The normalized spacial score (nSPS) is 18.8. The van der Waals surface area contributed by atoms with Crippen molar-refractivity contribution in [3.8, 4) is 0 Å². The summed E-state index contributed by atoms with van der Waals surface area (Å²) in [5.74, 6) is 0.0127. The SMILES string of the molecule is CN(C(=O)c1cc(Cl)ccc1Cl)C1CCS(=O)(=O)CC1. The topological polar surface area (TPSA) is 54.5 Å². The van der Waals surface area contributed by atoms with Crippen LogP contribution in [0.2, 0.25) is 10.0 Å². The third-order valence-corrected chi connectivity index (χ3v) is 5.83. The molecular formula is C13H15Cl2NO3S. The lowest BCUT2D eigenvalue weighted by molar-refractivity contribution is 0.0722. The molecule has 1 aliphatic rings. The van der Waals surface area contributed by atoms with Gasteiger partial charge in [0, 0.05) is 18.1 Å². The Kier molecular flexibility index (Phi) is 4.62. The zero-order chi connectivity index (χ0) is 14.9. The first-order valence-electron chi connectivity index (χ1n) is 6.23. The van der Waals surface area contributed by atoms with Gasteiger partial charge in [-0.25, -0.2) is 8.42 Å². The third kappa shape index (κ3) is 3.45. The second-order valence-corrected chi connectivity index (χ2v) is 8.07. The molecule has 1 fully saturated rings. The van der Waals surface area contributed by atoms with Crippen molar-refractivity contribution in [1.82, 2.24) is 4.90 Å². The van der Waals surface area contributed by atoms with Crippen molar-refractivity contribution >= 4 is 38.9 Å². The first-order valence-corrected chi connectivity index (χ1v) is 8.80. The number of hydrogen-bond acceptors (Lipinski definition) is 3. The van der Waals surface area contributed by atoms with E-state index in [4.69, 9.17) is 23.2 Å². The van der Waals surface area contributed by atoms with E-state index in [0.29, 0.717) is 28.5 Å². The quantitative estimate of drug-likeness (QED) is 0.834. The van der Waals surface area contributed by atoms with E-state index in [1.54, 1.807) is 24.1 Å². The van der Waals surface area contributed by atoms with Crippen molar-refractivity contribution in [1.29, 1.82) is 0 Å². The van der Waals surface area contributed by atoms with Gasteiger partial charge in [0.1, 0.15) is 9.84 Å². The minimum Gasteiger partial charge on any atom is -0.339 e. The predicted molar refractivity (Wildman–Crippen MR) is 80.2 cm³/mol. The van der Waals surface area contributed by atoms with E-state index in [-0.39, 0.29) is 23.5 Å². The van der Waals surface area contributed by atoms with Crippen molar-refractivity contribution in [2.75, 3.05) is 18.6 Å². The lowest BCUT2D eigenvalue weighted by Gasteiger charge is -2.31. The van der Waals surface area contributed by atoms with Gasteiger partial charge in [0.25, 0.3) is 5.91 Å². The summed E-state index contributed by atoms with van der Waals surface area (Å²) in [6.45, 7) is 0. The highest BCUT2D eigenvalue weighted by Gasteiger charge is 2.29. The standard InChI is InChI=1S/C13H15Cl2NO3S/c1-16(10-4-6-20(18,19)7-5-10)13(17)11-8-9(14)2-3-12(11)15/h2-3,8,10H,4-7H2,1H3. The molecule has 1 saturated heterocycles. The first kappa shape index (κ1) is 15.6. The van der Waals surface area contributed by atoms with Crippen LogP contribution in [0.5, 0.6) is 0 Å². The molecule has 1 amide bonds. The highest BCUT2D eigenvalue weighted by atomic mass is 35.5. The molecule has 1 heterocycles. The van der Waals surface area contributed by atoms with Gasteiger partial charge >= 0.3 is 0 Å². The van der Waals surface area contributed by atoms with Gasteiger partial charge in [0.05, 0.1) is 22.1 Å². The fourth-order valence-corrected chi connectivity index (χ4v) is 4.12. The molecule has 2 rings (SSSR count). The molecule has 0 radical (unpaired) electrons. The largest absolute Gasteiger partial charge is 0.339 e. The van der Waals surface area contributed by atoms with Gasteiger partial charge in [-0.1, -0.05) is 23.2 Å². The van der Waals surface area contributed by atoms with Crippen molar-refractivity contribution in [3.63, 3.8) is 0 Å². The molecule has 0 bridgehead atoms. The molecule has 1 aromatic rings. The number of carbonyl (C=O) groups excluding carboxylic acids is 1. The van der Waals surface area contributed by atoms with Crippen molar-refractivity contribution in [3.05, 3.63) is 33.8 Å². The predicted octanol–water partition coefficient (Wildman–Crippen LogP) is 2.64. The maximum Gasteiger partial charge on any atom is 0.255 e. The van der Waals surface area contributed by atoms with Crippen LogP contribution >= 0.6 is 23.2 Å². The van der Waals surface area contributed by atoms with Gasteiger partial charge in [-0.3, -0.25) is 4.79 Å². The Bertz CT molecular complexity index is 617. The van der Waals surface area contributed by atoms with Crippen LogP contribution in [0.3, 0.4) is 0 Å². The fraction of sp³-hybridized carbons (Fsp3) is 0.462. The summed E-state index contributed by atoms with van der Waals surface area (Å²) in [5, 5.41) is 0.784. The summed E-state index contributed by atoms with van der Waals surface area (Å²) in [4.78, 5) is 14.0. The summed E-state index contributed by atoms with van der Waals surface area (Å²) in [5.41, 5.74) is 0.343. The van der Waals surface area contributed by atoms with Crippen molar-refractivity contribution in [2.45, 2.75) is 18.9 Å². The number of benzene rings is 1. The van der Waals surface area contributed by atoms with Gasteiger partial charge in [0.15, 0.2) is 0 Å². The maximum atomic E-state index is 12.4. The average molecular weight is 336 g/mol. The van der Waals surface area contributed by atoms with Gasteiger partial charge in [-0.05, 0) is 31.0 Å². The van der Waals surface area contributed by atoms with Gasteiger partial charge < -0.3 is 4.90 Å². The summed E-state index contributed by atoms with van der Waals surface area (Å²) in [7, 11) is -1.27. The number of halogens is 2. The van der Waals surface area contributed by atoms with Gasteiger partial charge in [0.2, 0.25) is 0 Å². The molecular weight excluding hydrogens is 321 g/mol. The Morgan fingerprint density at radius 1 is 1.25 bits per heavy atom. The van der Waals surface area contributed by atoms with E-state index in [2.05, 4.69) is 0 Å². The molecule has 0 spiro atoms. The molecule has 1 aliphatic heterocycles. The minimum absolute atomic E-state index is 0.0823. The van der Waals surface area contributed by atoms with Crippen LogP contribution < -0.4 is 0 Å². The van der Waals surface area contributed by atoms with E-state index in [0.717, 1.165) is 0 Å². The summed E-state index contributed by atoms with van der Waals surface area (Å²) >= 11 is 11.9. The van der Waals surface area contributed by atoms with Crippen molar-refractivity contribution in [2.24, 2.45) is 0 Å². The highest BCUT2D eigenvalue weighted by molar-refractivity contribution is 7.91. The molecule has 0 aromatic heterocycles. The van der Waals surface area contributed by atoms with E-state index in [9.17, 15) is 13.2 Å². The van der Waals surface area contributed by atoms with E-state index in [1.807, 2.05) is 0 Å². The van der Waals surface area contributed by atoms with Gasteiger partial charge in [-0.15, -0.1) is 0 Å². The lowest BCUT2D eigenvalue weighted by Crippen LogP contribution is -2.42.